The molecule has 0 heterocycles. The molecule has 13 heavy (non-hydrogen) atoms. The lowest BCUT2D eigenvalue weighted by molar-refractivity contribution is -0.385. The van der Waals surface area contributed by atoms with E-state index in [1.54, 1.807) is 6.92 Å². The highest BCUT2D eigenvalue weighted by atomic mass is 19.1. The Morgan fingerprint density at radius 1 is 1.54 bits per heavy atom. The quantitative estimate of drug-likeness (QED) is 0.523. The van der Waals surface area contributed by atoms with E-state index in [0.29, 0.717) is 5.56 Å². The van der Waals surface area contributed by atoms with E-state index in [1.165, 1.54) is 13.2 Å². The average molecular weight is 185 g/mol. The first-order chi connectivity index (χ1) is 6.06. The van der Waals surface area contributed by atoms with Crippen LogP contribution in [0.5, 0.6) is 5.75 Å². The van der Waals surface area contributed by atoms with Crippen LogP contribution in [0.3, 0.4) is 0 Å². The molecule has 70 valence electrons. The van der Waals surface area contributed by atoms with Crippen LogP contribution in [0, 0.1) is 22.9 Å². The van der Waals surface area contributed by atoms with Crippen LogP contribution in [0.15, 0.2) is 12.1 Å². The molecule has 0 unspecified atom stereocenters. The standard InChI is InChI=1S/C8H8FNO3/c1-5-3-6(10(11)12)4-7(9)8(5)13-2/h3-4H,1-2H3. The highest BCUT2D eigenvalue weighted by molar-refractivity contribution is 5.44. The molecule has 0 spiro atoms. The van der Waals surface area contributed by atoms with Crippen molar-refractivity contribution >= 4 is 5.69 Å². The lowest BCUT2D eigenvalue weighted by Crippen LogP contribution is -1.95. The maximum absolute atomic E-state index is 13.0. The number of benzene rings is 1. The maximum Gasteiger partial charge on any atom is 0.272 e. The number of nitrogens with zero attached hydrogens (tertiary/aromatic N) is 1. The molecule has 0 saturated carbocycles. The highest BCUT2D eigenvalue weighted by Gasteiger charge is 2.14. The molecule has 0 bridgehead atoms. The van der Waals surface area contributed by atoms with Gasteiger partial charge >= 0.3 is 0 Å². The third kappa shape index (κ3) is 1.74. The second-order valence-corrected chi connectivity index (χ2v) is 2.53. The van der Waals surface area contributed by atoms with Gasteiger partial charge in [0.25, 0.3) is 5.69 Å². The molecular formula is C8H8FNO3. The van der Waals surface area contributed by atoms with Crippen LogP contribution in [0.2, 0.25) is 0 Å². The van der Waals surface area contributed by atoms with Gasteiger partial charge in [0, 0.05) is 11.6 Å². The van der Waals surface area contributed by atoms with E-state index >= 15 is 0 Å². The summed E-state index contributed by atoms with van der Waals surface area (Å²) in [6.45, 7) is 1.55. The molecule has 5 heteroatoms. The monoisotopic (exact) mass is 185 g/mol. The van der Waals surface area contributed by atoms with Crippen molar-refractivity contribution in [1.82, 2.24) is 0 Å². The minimum atomic E-state index is -0.714. The number of non-ortho nitro benzene ring substituents is 1. The van der Waals surface area contributed by atoms with Crippen molar-refractivity contribution in [3.63, 3.8) is 0 Å². The van der Waals surface area contributed by atoms with Crippen molar-refractivity contribution in [1.29, 1.82) is 0 Å². The Morgan fingerprint density at radius 3 is 2.54 bits per heavy atom. The molecule has 1 aromatic rings. The van der Waals surface area contributed by atoms with Crippen LogP contribution >= 0.6 is 0 Å². The summed E-state index contributed by atoms with van der Waals surface area (Å²) in [5.74, 6) is -0.667. The second kappa shape index (κ2) is 3.38. The summed E-state index contributed by atoms with van der Waals surface area (Å²) in [6, 6.07) is 2.10. The average Bonchev–Trinajstić information content (AvgIpc) is 2.03. The fourth-order valence-corrected chi connectivity index (χ4v) is 1.08. The number of nitro benzene ring substituents is 1. The van der Waals surface area contributed by atoms with E-state index < -0.39 is 10.7 Å². The molecule has 0 aromatic heterocycles. The Bertz CT molecular complexity index is 328. The van der Waals surface area contributed by atoms with Gasteiger partial charge in [-0.3, -0.25) is 10.1 Å². The van der Waals surface area contributed by atoms with E-state index in [2.05, 4.69) is 0 Å². The SMILES string of the molecule is COc1c(C)cc([N+](=O)[O-])cc1F. The molecule has 0 N–H and O–H groups in total. The normalized spacial score (nSPS) is 9.77. The molecule has 1 rings (SSSR count). The summed E-state index contributed by atoms with van der Waals surface area (Å²) in [6.07, 6.45) is 0. The van der Waals surface area contributed by atoms with Gasteiger partial charge in [0.1, 0.15) is 0 Å². The Labute approximate surface area is 74.1 Å². The van der Waals surface area contributed by atoms with Crippen LogP contribution in [-0.2, 0) is 0 Å². The predicted molar refractivity (Wildman–Crippen MR) is 44.3 cm³/mol. The summed E-state index contributed by atoms with van der Waals surface area (Å²) < 4.78 is 17.8. The molecule has 0 fully saturated rings. The molecule has 4 nitrogen and oxygen atoms in total. The summed E-state index contributed by atoms with van der Waals surface area (Å²) in [5.41, 5.74) is 0.144. The third-order valence-electron chi connectivity index (χ3n) is 1.63. The van der Waals surface area contributed by atoms with Crippen molar-refractivity contribution in [3.8, 4) is 5.75 Å². The van der Waals surface area contributed by atoms with E-state index in [0.717, 1.165) is 6.07 Å². The van der Waals surface area contributed by atoms with Gasteiger partial charge in [-0.1, -0.05) is 0 Å². The zero-order valence-corrected chi connectivity index (χ0v) is 7.20. The van der Waals surface area contributed by atoms with Gasteiger partial charge in [-0.05, 0) is 6.92 Å². The van der Waals surface area contributed by atoms with Gasteiger partial charge in [0.05, 0.1) is 18.1 Å². The Morgan fingerprint density at radius 2 is 2.15 bits per heavy atom. The number of aryl methyl sites for hydroxylation is 1. The Hall–Kier alpha value is -1.65. The molecular weight excluding hydrogens is 177 g/mol. The first kappa shape index (κ1) is 9.44. The van der Waals surface area contributed by atoms with Crippen LogP contribution in [0.25, 0.3) is 0 Å². The minimum absolute atomic E-state index is 0.0469. The molecule has 0 aliphatic rings. The largest absolute Gasteiger partial charge is 0.493 e. The molecule has 1 aromatic carbocycles. The second-order valence-electron chi connectivity index (χ2n) is 2.53. The molecule has 0 saturated heterocycles. The van der Waals surface area contributed by atoms with Gasteiger partial charge in [-0.2, -0.15) is 0 Å². The fraction of sp³-hybridized carbons (Fsp3) is 0.250. The van der Waals surface area contributed by atoms with Crippen molar-refractivity contribution in [3.05, 3.63) is 33.6 Å². The molecule has 0 amide bonds. The summed E-state index contributed by atoms with van der Waals surface area (Å²) in [4.78, 5) is 9.66. The van der Waals surface area contributed by atoms with Crippen LogP contribution in [0.1, 0.15) is 5.56 Å². The third-order valence-corrected chi connectivity index (χ3v) is 1.63. The van der Waals surface area contributed by atoms with Gasteiger partial charge in [-0.25, -0.2) is 4.39 Å². The molecule has 0 radical (unpaired) electrons. The number of hydrogen-bond acceptors (Lipinski definition) is 3. The van der Waals surface area contributed by atoms with E-state index in [4.69, 9.17) is 4.74 Å². The van der Waals surface area contributed by atoms with E-state index in [9.17, 15) is 14.5 Å². The highest BCUT2D eigenvalue weighted by Crippen LogP contribution is 2.26. The first-order valence-electron chi connectivity index (χ1n) is 3.54. The lowest BCUT2D eigenvalue weighted by Gasteiger charge is -2.04. The number of hydrogen-bond donors (Lipinski definition) is 0. The molecule has 0 aliphatic heterocycles. The molecule has 0 aliphatic carbocycles. The number of methoxy groups -OCH3 is 1. The number of rotatable bonds is 2. The van der Waals surface area contributed by atoms with Crippen molar-refractivity contribution in [2.24, 2.45) is 0 Å². The number of nitro groups is 1. The minimum Gasteiger partial charge on any atom is -0.493 e. The van der Waals surface area contributed by atoms with E-state index in [1.807, 2.05) is 0 Å². The van der Waals surface area contributed by atoms with Crippen molar-refractivity contribution < 1.29 is 14.1 Å². The van der Waals surface area contributed by atoms with Crippen molar-refractivity contribution in [2.45, 2.75) is 6.92 Å². The Kier molecular flexibility index (Phi) is 2.46. The van der Waals surface area contributed by atoms with Gasteiger partial charge < -0.3 is 4.74 Å². The zero-order chi connectivity index (χ0) is 10.0. The van der Waals surface area contributed by atoms with Gasteiger partial charge in [0.15, 0.2) is 11.6 Å². The summed E-state index contributed by atoms with van der Waals surface area (Å²) >= 11 is 0. The van der Waals surface area contributed by atoms with Crippen LogP contribution in [-0.4, -0.2) is 12.0 Å². The predicted octanol–water partition coefficient (Wildman–Crippen LogP) is 2.05. The molecule has 0 atom stereocenters. The number of halogens is 1. The van der Waals surface area contributed by atoms with Gasteiger partial charge in [-0.15, -0.1) is 0 Å². The number of ether oxygens (including phenoxy) is 1. The first-order valence-corrected chi connectivity index (χ1v) is 3.54. The zero-order valence-electron chi connectivity index (χ0n) is 7.20. The van der Waals surface area contributed by atoms with Crippen LogP contribution < -0.4 is 4.74 Å². The summed E-state index contributed by atoms with van der Waals surface area (Å²) in [7, 11) is 1.32. The topological polar surface area (TPSA) is 52.4 Å². The van der Waals surface area contributed by atoms with Crippen molar-refractivity contribution in [2.75, 3.05) is 7.11 Å². The maximum atomic E-state index is 13.0. The van der Waals surface area contributed by atoms with E-state index in [-0.39, 0.29) is 11.4 Å². The lowest BCUT2D eigenvalue weighted by atomic mass is 10.2. The smallest absolute Gasteiger partial charge is 0.272 e. The Balaban J connectivity index is 3.28. The van der Waals surface area contributed by atoms with Gasteiger partial charge in [0.2, 0.25) is 0 Å². The fourth-order valence-electron chi connectivity index (χ4n) is 1.08. The van der Waals surface area contributed by atoms with Crippen LogP contribution in [0.4, 0.5) is 10.1 Å². The summed E-state index contributed by atoms with van der Waals surface area (Å²) in [5, 5.41) is 10.3.